The first-order chi connectivity index (χ1) is 7.31. The maximum Gasteiger partial charge on any atom is 0.238 e. The zero-order chi connectivity index (χ0) is 10.7. The molecule has 0 spiro atoms. The molecule has 2 aromatic rings. The van der Waals surface area contributed by atoms with Crippen molar-refractivity contribution in [3.05, 3.63) is 46.0 Å². The van der Waals surface area contributed by atoms with Crippen LogP contribution in [0.2, 0.25) is 0 Å². The molecule has 0 fully saturated rings. The van der Waals surface area contributed by atoms with Gasteiger partial charge in [0.15, 0.2) is 5.76 Å². The monoisotopic (exact) mass is 217 g/mol. The number of hydrogen-bond donors (Lipinski definition) is 0. The van der Waals surface area contributed by atoms with Gasteiger partial charge >= 0.3 is 0 Å². The normalized spacial score (nSPS) is 9.80. The number of carbonyl (C=O) groups excluding carboxylic acids is 1. The van der Waals surface area contributed by atoms with Crippen molar-refractivity contribution < 1.29 is 9.21 Å². The first-order valence-corrected chi connectivity index (χ1v) is 5.17. The Morgan fingerprint density at radius 1 is 1.47 bits per heavy atom. The van der Waals surface area contributed by atoms with Gasteiger partial charge in [-0.05, 0) is 24.3 Å². The number of rotatable bonds is 3. The Kier molecular flexibility index (Phi) is 2.66. The second kappa shape index (κ2) is 4.11. The zero-order valence-electron chi connectivity index (χ0n) is 7.77. The van der Waals surface area contributed by atoms with Crippen LogP contribution in [0.1, 0.15) is 20.3 Å². The highest BCUT2D eigenvalue weighted by molar-refractivity contribution is 7.14. The number of ketones is 1. The van der Waals surface area contributed by atoms with Crippen molar-refractivity contribution in [1.29, 1.82) is 5.26 Å². The van der Waals surface area contributed by atoms with Crippen molar-refractivity contribution in [2.75, 3.05) is 0 Å². The van der Waals surface area contributed by atoms with Crippen LogP contribution in [0.25, 0.3) is 0 Å². The summed E-state index contributed by atoms with van der Waals surface area (Å²) in [6, 6.07) is 8.88. The molecule has 15 heavy (non-hydrogen) atoms. The number of nitriles is 1. The van der Waals surface area contributed by atoms with Crippen LogP contribution in [0.4, 0.5) is 0 Å². The average molecular weight is 217 g/mol. The summed E-state index contributed by atoms with van der Waals surface area (Å²) in [5.41, 5.74) is 0. The third-order valence-electron chi connectivity index (χ3n) is 1.88. The lowest BCUT2D eigenvalue weighted by atomic mass is 10.2. The summed E-state index contributed by atoms with van der Waals surface area (Å²) in [6.45, 7) is 0. The van der Waals surface area contributed by atoms with Crippen LogP contribution >= 0.6 is 11.3 Å². The predicted molar refractivity (Wildman–Crippen MR) is 55.8 cm³/mol. The molecule has 0 amide bonds. The molecule has 2 aromatic heterocycles. The van der Waals surface area contributed by atoms with Crippen LogP contribution < -0.4 is 0 Å². The first kappa shape index (κ1) is 9.69. The van der Waals surface area contributed by atoms with Gasteiger partial charge in [-0.15, -0.1) is 11.3 Å². The fourth-order valence-electron chi connectivity index (χ4n) is 1.20. The maximum atomic E-state index is 11.8. The van der Waals surface area contributed by atoms with E-state index in [1.807, 2.05) is 6.07 Å². The van der Waals surface area contributed by atoms with E-state index in [4.69, 9.17) is 9.68 Å². The molecule has 0 N–H and O–H groups in total. The van der Waals surface area contributed by atoms with Crippen molar-refractivity contribution >= 4 is 17.1 Å². The van der Waals surface area contributed by atoms with E-state index in [1.54, 1.807) is 24.3 Å². The summed E-state index contributed by atoms with van der Waals surface area (Å²) in [4.78, 5) is 13.3. The van der Waals surface area contributed by atoms with Gasteiger partial charge in [-0.1, -0.05) is 0 Å². The van der Waals surface area contributed by atoms with Crippen LogP contribution in [-0.2, 0) is 6.42 Å². The minimum Gasteiger partial charge on any atom is -0.461 e. The molecular formula is C11H7NO2S. The molecule has 2 rings (SSSR count). The van der Waals surface area contributed by atoms with Gasteiger partial charge in [-0.2, -0.15) is 5.26 Å². The van der Waals surface area contributed by atoms with Gasteiger partial charge in [0, 0.05) is 4.88 Å². The molecule has 0 saturated carbocycles. The number of carbonyl (C=O) groups is 1. The van der Waals surface area contributed by atoms with Crippen LogP contribution in [0.3, 0.4) is 0 Å². The SMILES string of the molecule is N#CCc1ccc(C(=O)c2ccco2)s1. The molecular weight excluding hydrogens is 210 g/mol. The number of nitrogens with zero attached hydrogens (tertiary/aromatic N) is 1. The summed E-state index contributed by atoms with van der Waals surface area (Å²) in [6.07, 6.45) is 1.81. The van der Waals surface area contributed by atoms with E-state index in [1.165, 1.54) is 17.6 Å². The fraction of sp³-hybridized carbons (Fsp3) is 0.0909. The Morgan fingerprint density at radius 2 is 2.33 bits per heavy atom. The first-order valence-electron chi connectivity index (χ1n) is 4.35. The van der Waals surface area contributed by atoms with E-state index in [2.05, 4.69) is 0 Å². The highest BCUT2D eigenvalue weighted by Crippen LogP contribution is 2.20. The molecule has 0 aliphatic heterocycles. The zero-order valence-corrected chi connectivity index (χ0v) is 8.58. The third kappa shape index (κ3) is 1.97. The minimum atomic E-state index is -0.130. The quantitative estimate of drug-likeness (QED) is 0.742. The van der Waals surface area contributed by atoms with E-state index < -0.39 is 0 Å². The lowest BCUT2D eigenvalue weighted by molar-refractivity contribution is 0.101. The second-order valence-electron chi connectivity index (χ2n) is 2.91. The average Bonchev–Trinajstić information content (AvgIpc) is 2.87. The van der Waals surface area contributed by atoms with Gasteiger partial charge in [0.05, 0.1) is 23.6 Å². The number of furan rings is 1. The van der Waals surface area contributed by atoms with E-state index in [0.717, 1.165) is 4.88 Å². The van der Waals surface area contributed by atoms with Crippen molar-refractivity contribution in [3.63, 3.8) is 0 Å². The third-order valence-corrected chi connectivity index (χ3v) is 2.97. The smallest absolute Gasteiger partial charge is 0.238 e. The Hall–Kier alpha value is -1.86. The van der Waals surface area contributed by atoms with Crippen molar-refractivity contribution in [2.24, 2.45) is 0 Å². The van der Waals surface area contributed by atoms with E-state index in [9.17, 15) is 4.79 Å². The van der Waals surface area contributed by atoms with Crippen LogP contribution in [0.5, 0.6) is 0 Å². The summed E-state index contributed by atoms with van der Waals surface area (Å²) in [7, 11) is 0. The van der Waals surface area contributed by atoms with Crippen molar-refractivity contribution in [1.82, 2.24) is 0 Å². The van der Waals surface area contributed by atoms with Crippen LogP contribution in [-0.4, -0.2) is 5.78 Å². The van der Waals surface area contributed by atoms with Gasteiger partial charge < -0.3 is 4.42 Å². The maximum absolute atomic E-state index is 11.8. The topological polar surface area (TPSA) is 54.0 Å². The lowest BCUT2D eigenvalue weighted by Crippen LogP contribution is -1.95. The van der Waals surface area contributed by atoms with Crippen LogP contribution in [0, 0.1) is 11.3 Å². The Morgan fingerprint density at radius 3 is 3.00 bits per heavy atom. The lowest BCUT2D eigenvalue weighted by Gasteiger charge is -1.90. The molecule has 0 aliphatic rings. The van der Waals surface area contributed by atoms with Gasteiger partial charge in [0.25, 0.3) is 0 Å². The second-order valence-corrected chi connectivity index (χ2v) is 4.08. The Bertz CT molecular complexity index is 505. The molecule has 0 aromatic carbocycles. The van der Waals surface area contributed by atoms with E-state index in [0.29, 0.717) is 17.1 Å². The Balaban J connectivity index is 2.24. The molecule has 0 saturated heterocycles. The number of hydrogen-bond acceptors (Lipinski definition) is 4. The van der Waals surface area contributed by atoms with Gasteiger partial charge in [-0.25, -0.2) is 0 Å². The standard InChI is InChI=1S/C11H7NO2S/c12-6-5-8-3-4-10(15-8)11(13)9-2-1-7-14-9/h1-4,7H,5H2. The fourth-order valence-corrected chi connectivity index (χ4v) is 2.09. The minimum absolute atomic E-state index is 0.130. The van der Waals surface area contributed by atoms with Gasteiger partial charge in [0.1, 0.15) is 0 Å². The summed E-state index contributed by atoms with van der Waals surface area (Å²) in [5.74, 6) is 0.203. The summed E-state index contributed by atoms with van der Waals surface area (Å²) >= 11 is 1.33. The molecule has 0 radical (unpaired) electrons. The van der Waals surface area contributed by atoms with E-state index >= 15 is 0 Å². The van der Waals surface area contributed by atoms with E-state index in [-0.39, 0.29) is 5.78 Å². The van der Waals surface area contributed by atoms with Gasteiger partial charge in [0.2, 0.25) is 5.78 Å². The molecule has 0 unspecified atom stereocenters. The van der Waals surface area contributed by atoms with Crippen molar-refractivity contribution in [3.8, 4) is 6.07 Å². The van der Waals surface area contributed by atoms with Crippen LogP contribution in [0.15, 0.2) is 34.9 Å². The van der Waals surface area contributed by atoms with Gasteiger partial charge in [-0.3, -0.25) is 4.79 Å². The molecule has 3 nitrogen and oxygen atoms in total. The molecule has 74 valence electrons. The molecule has 0 atom stereocenters. The summed E-state index contributed by atoms with van der Waals surface area (Å²) < 4.78 is 5.01. The largest absolute Gasteiger partial charge is 0.461 e. The molecule has 2 heterocycles. The predicted octanol–water partition coefficient (Wildman–Crippen LogP) is 2.64. The summed E-state index contributed by atoms with van der Waals surface area (Å²) in [5, 5.41) is 8.50. The van der Waals surface area contributed by atoms with Crippen molar-refractivity contribution in [2.45, 2.75) is 6.42 Å². The molecule has 0 aliphatic carbocycles. The number of thiophene rings is 1. The molecule has 4 heteroatoms. The highest BCUT2D eigenvalue weighted by atomic mass is 32.1. The molecule has 0 bridgehead atoms. The highest BCUT2D eigenvalue weighted by Gasteiger charge is 2.13. The Labute approximate surface area is 90.6 Å².